The Hall–Kier alpha value is -2.86. The summed E-state index contributed by atoms with van der Waals surface area (Å²) >= 11 is 1.40. The SMILES string of the molecule is O=C(O)c1cnc(-c2cnc3cccnc3c2)c2ccsc12. The summed E-state index contributed by atoms with van der Waals surface area (Å²) in [5.41, 5.74) is 3.37. The van der Waals surface area contributed by atoms with Gasteiger partial charge in [0, 0.05) is 29.5 Å². The Bertz CT molecular complexity index is 1030. The maximum absolute atomic E-state index is 11.3. The highest BCUT2D eigenvalue weighted by atomic mass is 32.1. The van der Waals surface area contributed by atoms with E-state index in [0.29, 0.717) is 0 Å². The third kappa shape index (κ3) is 1.93. The van der Waals surface area contributed by atoms with Crippen LogP contribution in [0, 0.1) is 0 Å². The zero-order chi connectivity index (χ0) is 15.1. The number of carbonyl (C=O) groups is 1. The molecule has 0 aliphatic heterocycles. The molecule has 0 aromatic carbocycles. The van der Waals surface area contributed by atoms with E-state index in [2.05, 4.69) is 15.0 Å². The second-order valence-corrected chi connectivity index (χ2v) is 5.67. The molecule has 0 saturated heterocycles. The van der Waals surface area contributed by atoms with Gasteiger partial charge in [0.25, 0.3) is 0 Å². The summed E-state index contributed by atoms with van der Waals surface area (Å²) < 4.78 is 0.721. The summed E-state index contributed by atoms with van der Waals surface area (Å²) in [6.45, 7) is 0. The molecule has 0 saturated carbocycles. The summed E-state index contributed by atoms with van der Waals surface area (Å²) in [5, 5.41) is 11.9. The fourth-order valence-corrected chi connectivity index (χ4v) is 3.33. The van der Waals surface area contributed by atoms with Gasteiger partial charge in [0.15, 0.2) is 0 Å². The van der Waals surface area contributed by atoms with Gasteiger partial charge in [-0.25, -0.2) is 4.79 Å². The van der Waals surface area contributed by atoms with E-state index in [1.807, 2.05) is 29.6 Å². The molecular formula is C16H9N3O2S. The van der Waals surface area contributed by atoms with E-state index < -0.39 is 5.97 Å². The Balaban J connectivity index is 1.98. The van der Waals surface area contributed by atoms with Gasteiger partial charge in [0.1, 0.15) is 0 Å². The zero-order valence-electron chi connectivity index (χ0n) is 11.2. The van der Waals surface area contributed by atoms with Crippen LogP contribution >= 0.6 is 11.3 Å². The molecule has 22 heavy (non-hydrogen) atoms. The molecule has 4 aromatic heterocycles. The van der Waals surface area contributed by atoms with Crippen molar-refractivity contribution in [3.8, 4) is 11.3 Å². The standard InChI is InChI=1S/C16H9N3O2S/c20-16(21)11-8-19-14(10-3-5-22-15(10)11)9-6-13-12(18-7-9)2-1-4-17-13/h1-8H,(H,20,21). The Morgan fingerprint density at radius 2 is 2.00 bits per heavy atom. The van der Waals surface area contributed by atoms with Crippen LogP contribution in [-0.4, -0.2) is 26.0 Å². The van der Waals surface area contributed by atoms with Gasteiger partial charge in [0.2, 0.25) is 0 Å². The van der Waals surface area contributed by atoms with Crippen LogP contribution in [0.25, 0.3) is 32.4 Å². The van der Waals surface area contributed by atoms with Crippen molar-refractivity contribution in [2.24, 2.45) is 0 Å². The highest BCUT2D eigenvalue weighted by Gasteiger charge is 2.15. The Kier molecular flexibility index (Phi) is 2.83. The van der Waals surface area contributed by atoms with Crippen molar-refractivity contribution in [3.63, 3.8) is 0 Å². The average molecular weight is 307 g/mol. The molecule has 0 radical (unpaired) electrons. The third-order valence-corrected chi connectivity index (χ3v) is 4.39. The van der Waals surface area contributed by atoms with Crippen LogP contribution in [0.15, 0.2) is 48.2 Å². The first-order valence-electron chi connectivity index (χ1n) is 6.55. The number of hydrogen-bond donors (Lipinski definition) is 1. The number of carboxylic acids is 1. The second kappa shape index (κ2) is 4.85. The van der Waals surface area contributed by atoms with Gasteiger partial charge in [-0.05, 0) is 29.6 Å². The van der Waals surface area contributed by atoms with Crippen LogP contribution in [0.2, 0.25) is 0 Å². The smallest absolute Gasteiger partial charge is 0.338 e. The van der Waals surface area contributed by atoms with Crippen molar-refractivity contribution in [3.05, 3.63) is 53.8 Å². The van der Waals surface area contributed by atoms with Gasteiger partial charge in [-0.15, -0.1) is 11.3 Å². The molecule has 4 rings (SSSR count). The van der Waals surface area contributed by atoms with E-state index >= 15 is 0 Å². The number of hydrogen-bond acceptors (Lipinski definition) is 5. The number of thiophene rings is 1. The van der Waals surface area contributed by atoms with Crippen LogP contribution < -0.4 is 0 Å². The van der Waals surface area contributed by atoms with Crippen LogP contribution in [0.5, 0.6) is 0 Å². The van der Waals surface area contributed by atoms with E-state index in [9.17, 15) is 9.90 Å². The predicted octanol–water partition coefficient (Wildman–Crippen LogP) is 3.60. The summed E-state index contributed by atoms with van der Waals surface area (Å²) in [7, 11) is 0. The number of fused-ring (bicyclic) bond motifs is 2. The molecule has 0 aliphatic rings. The van der Waals surface area contributed by atoms with Crippen LogP contribution in [0.3, 0.4) is 0 Å². The first kappa shape index (κ1) is 12.8. The number of pyridine rings is 3. The van der Waals surface area contributed by atoms with E-state index in [1.165, 1.54) is 17.5 Å². The molecule has 0 amide bonds. The largest absolute Gasteiger partial charge is 0.478 e. The first-order chi connectivity index (χ1) is 10.7. The minimum Gasteiger partial charge on any atom is -0.478 e. The molecule has 0 aliphatic carbocycles. The Morgan fingerprint density at radius 1 is 1.09 bits per heavy atom. The van der Waals surface area contributed by atoms with E-state index in [4.69, 9.17) is 0 Å². The zero-order valence-corrected chi connectivity index (χ0v) is 12.0. The van der Waals surface area contributed by atoms with E-state index in [1.54, 1.807) is 12.4 Å². The quantitative estimate of drug-likeness (QED) is 0.612. The predicted molar refractivity (Wildman–Crippen MR) is 85.1 cm³/mol. The second-order valence-electron chi connectivity index (χ2n) is 4.75. The minimum atomic E-state index is -0.968. The number of rotatable bonds is 2. The number of carboxylic acid groups (broad SMARTS) is 1. The van der Waals surface area contributed by atoms with Gasteiger partial charge in [0.05, 0.1) is 27.0 Å². The molecule has 4 heterocycles. The van der Waals surface area contributed by atoms with Gasteiger partial charge < -0.3 is 5.11 Å². The number of aromatic nitrogens is 3. The first-order valence-corrected chi connectivity index (χ1v) is 7.42. The van der Waals surface area contributed by atoms with Crippen molar-refractivity contribution >= 4 is 38.4 Å². The topological polar surface area (TPSA) is 76.0 Å². The fourth-order valence-electron chi connectivity index (χ4n) is 2.43. The molecule has 1 N–H and O–H groups in total. The molecule has 4 aromatic rings. The van der Waals surface area contributed by atoms with Gasteiger partial charge in [-0.2, -0.15) is 0 Å². The van der Waals surface area contributed by atoms with Crippen LogP contribution in [0.4, 0.5) is 0 Å². The molecule has 0 fully saturated rings. The maximum atomic E-state index is 11.3. The molecule has 0 bridgehead atoms. The maximum Gasteiger partial charge on any atom is 0.338 e. The molecule has 6 heteroatoms. The lowest BCUT2D eigenvalue weighted by Gasteiger charge is -2.05. The molecule has 106 valence electrons. The van der Waals surface area contributed by atoms with Gasteiger partial charge >= 0.3 is 5.97 Å². The van der Waals surface area contributed by atoms with Crippen molar-refractivity contribution in [2.75, 3.05) is 0 Å². The molecule has 0 unspecified atom stereocenters. The summed E-state index contributed by atoms with van der Waals surface area (Å²) in [5.74, 6) is -0.968. The monoisotopic (exact) mass is 307 g/mol. The van der Waals surface area contributed by atoms with Crippen LogP contribution in [-0.2, 0) is 0 Å². The summed E-state index contributed by atoms with van der Waals surface area (Å²) in [6.07, 6.45) is 4.86. The Morgan fingerprint density at radius 3 is 2.86 bits per heavy atom. The number of nitrogens with zero attached hydrogens (tertiary/aromatic N) is 3. The normalized spacial score (nSPS) is 11.1. The summed E-state index contributed by atoms with van der Waals surface area (Å²) in [4.78, 5) is 24.3. The molecular weight excluding hydrogens is 298 g/mol. The molecule has 5 nitrogen and oxygen atoms in total. The lowest BCUT2D eigenvalue weighted by atomic mass is 10.1. The van der Waals surface area contributed by atoms with Gasteiger partial charge in [-0.1, -0.05) is 0 Å². The van der Waals surface area contributed by atoms with Gasteiger partial charge in [-0.3, -0.25) is 15.0 Å². The average Bonchev–Trinajstić information content (AvgIpc) is 3.02. The fraction of sp³-hybridized carbons (Fsp3) is 0. The van der Waals surface area contributed by atoms with Crippen molar-refractivity contribution in [2.45, 2.75) is 0 Å². The van der Waals surface area contributed by atoms with E-state index in [0.717, 1.165) is 32.4 Å². The Labute approximate surface area is 128 Å². The van der Waals surface area contributed by atoms with Crippen molar-refractivity contribution in [1.82, 2.24) is 15.0 Å². The van der Waals surface area contributed by atoms with E-state index in [-0.39, 0.29) is 5.56 Å². The minimum absolute atomic E-state index is 0.223. The highest BCUT2D eigenvalue weighted by Crippen LogP contribution is 2.32. The highest BCUT2D eigenvalue weighted by molar-refractivity contribution is 7.17. The molecule has 0 spiro atoms. The van der Waals surface area contributed by atoms with Crippen molar-refractivity contribution in [1.29, 1.82) is 0 Å². The number of aromatic carboxylic acids is 1. The van der Waals surface area contributed by atoms with Crippen LogP contribution in [0.1, 0.15) is 10.4 Å². The molecule has 0 atom stereocenters. The van der Waals surface area contributed by atoms with Crippen molar-refractivity contribution < 1.29 is 9.90 Å². The third-order valence-electron chi connectivity index (χ3n) is 3.44. The lowest BCUT2D eigenvalue weighted by molar-refractivity contribution is 0.0699. The lowest BCUT2D eigenvalue weighted by Crippen LogP contribution is -1.98. The summed E-state index contributed by atoms with van der Waals surface area (Å²) in [6, 6.07) is 7.54.